The zero-order valence-corrected chi connectivity index (χ0v) is 26.8. The molecule has 0 atom stereocenters. The summed E-state index contributed by atoms with van der Waals surface area (Å²) in [5.41, 5.74) is 0.388. The third-order valence-electron chi connectivity index (χ3n) is 9.73. The molecule has 0 radical (unpaired) electrons. The molecule has 0 unspecified atom stereocenters. The van der Waals surface area contributed by atoms with Gasteiger partial charge in [0.15, 0.2) is 5.82 Å². The zero-order chi connectivity index (χ0) is 31.4. The van der Waals surface area contributed by atoms with Crippen molar-refractivity contribution in [3.8, 4) is 5.82 Å². The van der Waals surface area contributed by atoms with Crippen LogP contribution in [-0.2, 0) is 4.74 Å². The first-order chi connectivity index (χ1) is 21.7. The fourth-order valence-corrected chi connectivity index (χ4v) is 7.49. The van der Waals surface area contributed by atoms with Gasteiger partial charge in [0.1, 0.15) is 11.6 Å². The van der Waals surface area contributed by atoms with Crippen LogP contribution in [0.25, 0.3) is 16.9 Å². The number of hydrogen-bond acceptors (Lipinski definition) is 8. The van der Waals surface area contributed by atoms with Crippen molar-refractivity contribution in [2.75, 3.05) is 56.2 Å². The lowest BCUT2D eigenvalue weighted by Gasteiger charge is -2.41. The van der Waals surface area contributed by atoms with Crippen molar-refractivity contribution in [1.29, 1.82) is 0 Å². The van der Waals surface area contributed by atoms with Crippen molar-refractivity contribution in [3.05, 3.63) is 36.2 Å². The number of nitrogens with one attached hydrogen (secondary N) is 1. The second-order valence-corrected chi connectivity index (χ2v) is 13.9. The number of hydrogen-bond donors (Lipinski definition) is 2. The number of aromatic nitrogens is 4. The van der Waals surface area contributed by atoms with Gasteiger partial charge in [0.05, 0.1) is 29.8 Å². The minimum atomic E-state index is -2.75. The Bertz CT molecular complexity index is 1390. The number of fused-ring (bicyclic) bond motifs is 1. The molecule has 2 aromatic heterocycles. The SMILES string of the molecule is CC(C)(O)CN(CC1CCCCC1)C1CCC(CNc2nc(N3CCOCC3)cc(-n3c(C(F)F)nc4ccccc43)n2)CC1. The highest BCUT2D eigenvalue weighted by Gasteiger charge is 2.31. The standard InChI is InChI=1S/C34H49F2N7O2/c1-34(2,44)23-42(22-25-8-4-3-5-9-25)26-14-12-24(13-15-26)21-37-33-39-29(41-16-18-45-19-17-41)20-30(40-33)43-28-11-7-6-10-27(28)38-32(43)31(35)36/h6-7,10-11,20,24-26,31,44H,3-5,8-9,12-19,21-23H2,1-2H3,(H,37,39,40). The molecule has 246 valence electrons. The number of nitrogens with zero attached hydrogens (tertiary/aromatic N) is 6. The van der Waals surface area contributed by atoms with Crippen LogP contribution in [0.1, 0.15) is 83.9 Å². The van der Waals surface area contributed by atoms with Crippen molar-refractivity contribution >= 4 is 22.8 Å². The van der Waals surface area contributed by atoms with Gasteiger partial charge in [0.25, 0.3) is 6.43 Å². The van der Waals surface area contributed by atoms with Gasteiger partial charge in [0.2, 0.25) is 5.95 Å². The van der Waals surface area contributed by atoms with E-state index >= 15 is 0 Å². The lowest BCUT2D eigenvalue weighted by molar-refractivity contribution is 0.00204. The Morgan fingerprint density at radius 3 is 2.38 bits per heavy atom. The molecule has 3 fully saturated rings. The van der Waals surface area contributed by atoms with Gasteiger partial charge < -0.3 is 20.1 Å². The highest BCUT2D eigenvalue weighted by molar-refractivity contribution is 5.78. The van der Waals surface area contributed by atoms with Crippen LogP contribution >= 0.6 is 0 Å². The van der Waals surface area contributed by atoms with Crippen molar-refractivity contribution in [3.63, 3.8) is 0 Å². The van der Waals surface area contributed by atoms with Gasteiger partial charge in [-0.2, -0.15) is 9.97 Å². The van der Waals surface area contributed by atoms with Gasteiger partial charge in [-0.15, -0.1) is 0 Å². The third kappa shape index (κ3) is 8.10. The van der Waals surface area contributed by atoms with Crippen LogP contribution in [0.15, 0.2) is 30.3 Å². The topological polar surface area (TPSA) is 91.6 Å². The second-order valence-electron chi connectivity index (χ2n) is 13.9. The van der Waals surface area contributed by atoms with Crippen LogP contribution in [0, 0.1) is 11.8 Å². The predicted octanol–water partition coefficient (Wildman–Crippen LogP) is 6.21. The van der Waals surface area contributed by atoms with Gasteiger partial charge >= 0.3 is 0 Å². The number of aliphatic hydroxyl groups is 1. The van der Waals surface area contributed by atoms with E-state index in [1.54, 1.807) is 24.3 Å². The van der Waals surface area contributed by atoms with Crippen LogP contribution in [0.3, 0.4) is 0 Å². The zero-order valence-electron chi connectivity index (χ0n) is 26.8. The number of para-hydroxylation sites is 2. The Morgan fingerprint density at radius 2 is 1.67 bits per heavy atom. The summed E-state index contributed by atoms with van der Waals surface area (Å²) in [5, 5.41) is 14.2. The number of rotatable bonds is 11. The summed E-state index contributed by atoms with van der Waals surface area (Å²) in [7, 11) is 0. The lowest BCUT2D eigenvalue weighted by Crippen LogP contribution is -2.48. The summed E-state index contributed by atoms with van der Waals surface area (Å²) >= 11 is 0. The first-order valence-electron chi connectivity index (χ1n) is 16.9. The Labute approximate surface area is 265 Å². The number of ether oxygens (including phenoxy) is 1. The minimum Gasteiger partial charge on any atom is -0.389 e. The number of morpholine rings is 1. The Hall–Kier alpha value is -2.89. The molecule has 0 amide bonds. The number of anilines is 2. The van der Waals surface area contributed by atoms with E-state index in [1.165, 1.54) is 36.7 Å². The molecule has 11 heteroatoms. The maximum atomic E-state index is 14.2. The molecule has 1 saturated heterocycles. The quantitative estimate of drug-likeness (QED) is 0.260. The summed E-state index contributed by atoms with van der Waals surface area (Å²) < 4.78 is 35.5. The minimum absolute atomic E-state index is 0.323. The summed E-state index contributed by atoms with van der Waals surface area (Å²) in [4.78, 5) is 18.6. The van der Waals surface area contributed by atoms with E-state index in [4.69, 9.17) is 14.7 Å². The summed E-state index contributed by atoms with van der Waals surface area (Å²) in [5.74, 6) is 2.39. The largest absolute Gasteiger partial charge is 0.389 e. The summed E-state index contributed by atoms with van der Waals surface area (Å²) in [6.07, 6.45) is 8.26. The van der Waals surface area contributed by atoms with Gasteiger partial charge in [-0.05, 0) is 76.3 Å². The smallest absolute Gasteiger partial charge is 0.296 e. The maximum absolute atomic E-state index is 14.2. The second kappa shape index (κ2) is 14.3. The molecular formula is C34H49F2N7O2. The van der Waals surface area contributed by atoms with Crippen molar-refractivity contribution < 1.29 is 18.6 Å². The number of alkyl halides is 2. The van der Waals surface area contributed by atoms with Crippen LogP contribution in [0.4, 0.5) is 20.5 Å². The molecule has 2 aliphatic carbocycles. The first kappa shape index (κ1) is 32.1. The molecule has 9 nitrogen and oxygen atoms in total. The molecule has 6 rings (SSSR count). The van der Waals surface area contributed by atoms with Gasteiger partial charge in [-0.25, -0.2) is 13.8 Å². The molecular weight excluding hydrogens is 576 g/mol. The monoisotopic (exact) mass is 625 g/mol. The molecule has 45 heavy (non-hydrogen) atoms. The Kier molecular flexibility index (Phi) is 10.2. The van der Waals surface area contributed by atoms with Crippen LogP contribution in [0.5, 0.6) is 0 Å². The summed E-state index contributed by atoms with van der Waals surface area (Å²) in [6, 6.07) is 9.44. The number of benzene rings is 1. The number of halogens is 2. The van der Waals surface area contributed by atoms with E-state index in [0.717, 1.165) is 44.7 Å². The van der Waals surface area contributed by atoms with Crippen molar-refractivity contribution in [2.45, 2.75) is 89.7 Å². The van der Waals surface area contributed by atoms with Crippen molar-refractivity contribution in [2.24, 2.45) is 11.8 Å². The highest BCUT2D eigenvalue weighted by Crippen LogP contribution is 2.33. The van der Waals surface area contributed by atoms with E-state index in [-0.39, 0.29) is 5.82 Å². The van der Waals surface area contributed by atoms with E-state index in [2.05, 4.69) is 20.1 Å². The third-order valence-corrected chi connectivity index (χ3v) is 9.73. The molecule has 2 N–H and O–H groups in total. The molecule has 3 aliphatic rings. The molecule has 1 aliphatic heterocycles. The lowest BCUT2D eigenvalue weighted by atomic mass is 9.83. The normalized spacial score (nSPS) is 22.1. The molecule has 3 heterocycles. The fourth-order valence-electron chi connectivity index (χ4n) is 7.49. The van der Waals surface area contributed by atoms with Crippen LogP contribution < -0.4 is 10.2 Å². The molecule has 0 spiro atoms. The van der Waals surface area contributed by atoms with Gasteiger partial charge in [0, 0.05) is 44.8 Å². The van der Waals surface area contributed by atoms with Crippen LogP contribution in [-0.4, -0.2) is 87.1 Å². The van der Waals surface area contributed by atoms with E-state index in [0.29, 0.717) is 73.4 Å². The maximum Gasteiger partial charge on any atom is 0.296 e. The Morgan fingerprint density at radius 1 is 0.956 bits per heavy atom. The molecule has 2 saturated carbocycles. The average Bonchev–Trinajstić information content (AvgIpc) is 3.44. The predicted molar refractivity (Wildman–Crippen MR) is 173 cm³/mol. The number of imidazole rings is 1. The van der Waals surface area contributed by atoms with Gasteiger partial charge in [-0.3, -0.25) is 9.47 Å². The average molecular weight is 626 g/mol. The first-order valence-corrected chi connectivity index (χ1v) is 16.9. The summed E-state index contributed by atoms with van der Waals surface area (Å²) in [6.45, 7) is 8.90. The fraction of sp³-hybridized carbons (Fsp3) is 0.676. The van der Waals surface area contributed by atoms with Gasteiger partial charge in [-0.1, -0.05) is 31.4 Å². The molecule has 0 bridgehead atoms. The van der Waals surface area contributed by atoms with Crippen molar-refractivity contribution in [1.82, 2.24) is 24.4 Å². The molecule has 1 aromatic carbocycles. The highest BCUT2D eigenvalue weighted by atomic mass is 19.3. The van der Waals surface area contributed by atoms with Crippen LogP contribution in [0.2, 0.25) is 0 Å². The Balaban J connectivity index is 1.17. The van der Waals surface area contributed by atoms with E-state index in [1.807, 2.05) is 19.9 Å². The van der Waals surface area contributed by atoms with E-state index < -0.39 is 12.0 Å². The molecule has 3 aromatic rings. The van der Waals surface area contributed by atoms with E-state index in [9.17, 15) is 13.9 Å².